The van der Waals surface area contributed by atoms with Crippen LogP contribution in [0.3, 0.4) is 0 Å². The van der Waals surface area contributed by atoms with Crippen molar-refractivity contribution in [3.63, 3.8) is 0 Å². The molecule has 0 amide bonds. The lowest BCUT2D eigenvalue weighted by atomic mass is 9.97. The topological polar surface area (TPSA) is 337 Å². The Morgan fingerprint density at radius 3 is 1.67 bits per heavy atom. The van der Waals surface area contributed by atoms with Gasteiger partial charge < -0.3 is 92.0 Å². The van der Waals surface area contributed by atoms with Crippen molar-refractivity contribution in [2.45, 2.75) is 103 Å². The molecule has 4 heterocycles. The molecule has 43 heavy (non-hydrogen) atoms. The van der Waals surface area contributed by atoms with Gasteiger partial charge in [0.2, 0.25) is 0 Å². The predicted octanol–water partition coefficient (Wildman–Crippen LogP) is -8.80. The lowest BCUT2D eigenvalue weighted by Crippen LogP contribution is -2.60. The van der Waals surface area contributed by atoms with Crippen LogP contribution in [0.5, 0.6) is 0 Å². The summed E-state index contributed by atoms with van der Waals surface area (Å²) >= 11 is 0.852. The van der Waals surface area contributed by atoms with Crippen molar-refractivity contribution in [1.82, 2.24) is 10.6 Å². The lowest BCUT2D eigenvalue weighted by molar-refractivity contribution is -0.101. The summed E-state index contributed by atoms with van der Waals surface area (Å²) in [5, 5.41) is 140. The van der Waals surface area contributed by atoms with Gasteiger partial charge in [0, 0.05) is 19.1 Å². The fourth-order valence-electron chi connectivity index (χ4n) is 4.10. The summed E-state index contributed by atoms with van der Waals surface area (Å²) < 4.78 is 4.77. The SMILES string of the molecule is CC1NCC(O)C(O)[C@@H]1O.OCC1NCC(O)C(O)[C@@H]1O.OCC1OC=CC(O)[C@@H]1O.OCC1SC(O)C(O)C(O)[C@@H]1O. The Morgan fingerprint density at radius 2 is 1.19 bits per heavy atom. The number of hydrogen-bond donors (Lipinski definition) is 17. The Balaban J connectivity index is 0.000000287. The van der Waals surface area contributed by atoms with Gasteiger partial charge in [-0.05, 0) is 13.0 Å². The molecule has 3 saturated heterocycles. The van der Waals surface area contributed by atoms with Crippen LogP contribution in [0.2, 0.25) is 0 Å². The Bertz CT molecular complexity index is 771. The van der Waals surface area contributed by atoms with Crippen LogP contribution in [-0.2, 0) is 4.74 Å². The van der Waals surface area contributed by atoms with Gasteiger partial charge in [-0.25, -0.2) is 0 Å². The van der Waals surface area contributed by atoms with Crippen LogP contribution in [0.4, 0.5) is 0 Å². The number of piperidine rings is 2. The van der Waals surface area contributed by atoms with Crippen LogP contribution in [0, 0.1) is 0 Å². The first-order valence-corrected chi connectivity index (χ1v) is 14.5. The van der Waals surface area contributed by atoms with Gasteiger partial charge in [-0.2, -0.15) is 0 Å². The second kappa shape index (κ2) is 19.7. The first kappa shape index (κ1) is 40.2. The summed E-state index contributed by atoms with van der Waals surface area (Å²) in [6.45, 7) is 1.43. The van der Waals surface area contributed by atoms with Crippen LogP contribution >= 0.6 is 11.8 Å². The molecule has 3 fully saturated rings. The normalized spacial score (nSPS) is 46.0. The van der Waals surface area contributed by atoms with E-state index < -0.39 is 90.0 Å². The van der Waals surface area contributed by atoms with Gasteiger partial charge in [0.05, 0.1) is 67.9 Å². The molecule has 0 aliphatic carbocycles. The third-order valence-electron chi connectivity index (χ3n) is 7.15. The molecule has 0 aromatic heterocycles. The van der Waals surface area contributed by atoms with Crippen LogP contribution < -0.4 is 10.6 Å². The van der Waals surface area contributed by atoms with Gasteiger partial charge in [0.25, 0.3) is 0 Å². The van der Waals surface area contributed by atoms with Crippen molar-refractivity contribution in [2.75, 3.05) is 32.9 Å². The molecule has 17 N–H and O–H groups in total. The highest BCUT2D eigenvalue weighted by Crippen LogP contribution is 2.30. The maximum atomic E-state index is 9.22. The zero-order valence-electron chi connectivity index (χ0n) is 23.5. The second-order valence-corrected chi connectivity index (χ2v) is 11.7. The van der Waals surface area contributed by atoms with Gasteiger partial charge >= 0.3 is 0 Å². The Labute approximate surface area is 252 Å². The standard InChI is InChI=1S/C6H13NO4.C6H13NO3.C6H12O5S.C6H10O4/c8-2-3-5(10)6(11)4(9)1-7-3;1-3-5(9)6(10)4(8)2-7-3;7-1-2-3(8)4(9)5(10)6(11)12-2;7-3-5-6(9)4(8)1-2-10-5/h3-11H,1-2H2;3-10H,2H2,1H3;2-11H,1H2;1-2,4-9H,3H2/t2*3?,4?,5-,6?;2?,3-,4?,5?,6?;4?,5?,6-/m1110/s1. The molecule has 0 radical (unpaired) electrons. The molecule has 0 aromatic rings. The summed E-state index contributed by atoms with van der Waals surface area (Å²) in [5.41, 5.74) is -1.15. The van der Waals surface area contributed by atoms with E-state index in [1.54, 1.807) is 6.92 Å². The third kappa shape index (κ3) is 11.8. The summed E-state index contributed by atoms with van der Waals surface area (Å²) in [7, 11) is 0. The van der Waals surface area contributed by atoms with Crippen LogP contribution in [0.15, 0.2) is 12.3 Å². The largest absolute Gasteiger partial charge is 0.493 e. The highest BCUT2D eigenvalue weighted by Gasteiger charge is 2.42. The molecule has 19 heteroatoms. The van der Waals surface area contributed by atoms with E-state index in [2.05, 4.69) is 10.6 Å². The minimum absolute atomic E-state index is 0.140. The summed E-state index contributed by atoms with van der Waals surface area (Å²) in [4.78, 5) is 0. The number of β-amino-alcohol motifs (C(OH)–C–C–N with tert-alkyl or cyclic N) is 2. The number of rotatable bonds is 3. The Hall–Kier alpha value is -0.790. The zero-order valence-corrected chi connectivity index (χ0v) is 24.3. The quantitative estimate of drug-likeness (QED) is 0.134. The van der Waals surface area contributed by atoms with Gasteiger partial charge in [-0.1, -0.05) is 0 Å². The predicted molar refractivity (Wildman–Crippen MR) is 148 cm³/mol. The highest BCUT2D eigenvalue weighted by atomic mass is 32.2. The molecule has 16 atom stereocenters. The minimum Gasteiger partial charge on any atom is -0.493 e. The van der Waals surface area contributed by atoms with Crippen molar-refractivity contribution in [3.8, 4) is 0 Å². The molecule has 0 aromatic carbocycles. The molecule has 18 nitrogen and oxygen atoms in total. The van der Waals surface area contributed by atoms with Crippen molar-refractivity contribution in [2.24, 2.45) is 0 Å². The molecule has 4 aliphatic rings. The Kier molecular flexibility index (Phi) is 18.4. The molecule has 4 aliphatic heterocycles. The van der Waals surface area contributed by atoms with E-state index in [0.29, 0.717) is 6.54 Å². The van der Waals surface area contributed by atoms with Crippen LogP contribution in [0.1, 0.15) is 6.92 Å². The first-order chi connectivity index (χ1) is 20.1. The highest BCUT2D eigenvalue weighted by molar-refractivity contribution is 8.00. The number of ether oxygens (including phenoxy) is 1. The fraction of sp³-hybridized carbons (Fsp3) is 0.917. The summed E-state index contributed by atoms with van der Waals surface area (Å²) in [5.74, 6) is 0. The lowest BCUT2D eigenvalue weighted by Gasteiger charge is -2.36. The number of aliphatic hydroxyl groups is 15. The monoisotopic (exact) mass is 652 g/mol. The number of aliphatic hydroxyl groups excluding tert-OH is 15. The van der Waals surface area contributed by atoms with E-state index in [1.807, 2.05) is 0 Å². The number of thioether (sulfide) groups is 1. The molecule has 0 bridgehead atoms. The second-order valence-electron chi connectivity index (χ2n) is 10.4. The average molecular weight is 653 g/mol. The van der Waals surface area contributed by atoms with E-state index in [0.717, 1.165) is 11.8 Å². The minimum atomic E-state index is -1.39. The van der Waals surface area contributed by atoms with Crippen molar-refractivity contribution < 1.29 is 81.3 Å². The maximum Gasteiger partial charge on any atom is 0.149 e. The number of nitrogens with one attached hydrogen (secondary N) is 2. The zero-order chi connectivity index (χ0) is 33.0. The van der Waals surface area contributed by atoms with Crippen molar-refractivity contribution >= 4 is 11.8 Å². The van der Waals surface area contributed by atoms with Crippen molar-refractivity contribution in [1.29, 1.82) is 0 Å². The van der Waals surface area contributed by atoms with Crippen LogP contribution in [-0.4, -0.2) is 206 Å². The van der Waals surface area contributed by atoms with Gasteiger partial charge in [0.1, 0.15) is 48.2 Å². The molecule has 0 spiro atoms. The van der Waals surface area contributed by atoms with E-state index in [4.69, 9.17) is 71.1 Å². The van der Waals surface area contributed by atoms with E-state index in [-0.39, 0.29) is 32.4 Å². The van der Waals surface area contributed by atoms with Gasteiger partial charge in [0.15, 0.2) is 0 Å². The van der Waals surface area contributed by atoms with Gasteiger partial charge in [-0.15, -0.1) is 11.8 Å². The fourth-order valence-corrected chi connectivity index (χ4v) is 5.19. The van der Waals surface area contributed by atoms with Crippen LogP contribution in [0.25, 0.3) is 0 Å². The number of hydrogen-bond acceptors (Lipinski definition) is 19. The molecule has 0 saturated carbocycles. The summed E-state index contributed by atoms with van der Waals surface area (Å²) in [6, 6.07) is -0.674. The van der Waals surface area contributed by atoms with E-state index in [9.17, 15) is 10.2 Å². The molecule has 4 rings (SSSR count). The van der Waals surface area contributed by atoms with E-state index in [1.165, 1.54) is 12.3 Å². The van der Waals surface area contributed by atoms with E-state index >= 15 is 0 Å². The molecular formula is C24H48N2O16S. The van der Waals surface area contributed by atoms with Gasteiger partial charge in [-0.3, -0.25) is 0 Å². The molecular weight excluding hydrogens is 604 g/mol. The summed E-state index contributed by atoms with van der Waals surface area (Å²) in [6.07, 6.45) is -9.88. The average Bonchev–Trinajstić information content (AvgIpc) is 3.00. The molecule has 256 valence electrons. The smallest absolute Gasteiger partial charge is 0.149 e. The Morgan fingerprint density at radius 1 is 0.628 bits per heavy atom. The third-order valence-corrected chi connectivity index (χ3v) is 8.49. The molecule has 12 unspecified atom stereocenters. The van der Waals surface area contributed by atoms with Crippen molar-refractivity contribution in [3.05, 3.63) is 12.3 Å². The first-order valence-electron chi connectivity index (χ1n) is 13.6. The maximum absolute atomic E-state index is 9.22.